The van der Waals surface area contributed by atoms with E-state index in [2.05, 4.69) is 19.2 Å². The van der Waals surface area contributed by atoms with E-state index < -0.39 is 5.82 Å². The number of hydrogen-bond donors (Lipinski definition) is 2. The minimum Gasteiger partial charge on any atom is -0.351 e. The van der Waals surface area contributed by atoms with Gasteiger partial charge in [0.25, 0.3) is 5.91 Å². The molecule has 0 saturated heterocycles. The van der Waals surface area contributed by atoms with Crippen molar-refractivity contribution in [3.05, 3.63) is 35.1 Å². The van der Waals surface area contributed by atoms with Gasteiger partial charge in [0.15, 0.2) is 0 Å². The van der Waals surface area contributed by atoms with Gasteiger partial charge in [-0.1, -0.05) is 19.9 Å². The van der Waals surface area contributed by atoms with Gasteiger partial charge in [0.2, 0.25) is 0 Å². The average Bonchev–Trinajstić information content (AvgIpc) is 2.34. The van der Waals surface area contributed by atoms with Crippen molar-refractivity contribution in [3.63, 3.8) is 0 Å². The van der Waals surface area contributed by atoms with Gasteiger partial charge in [-0.25, -0.2) is 4.39 Å². The Bertz CT molecular complexity index is 444. The highest BCUT2D eigenvalue weighted by Gasteiger charge is 2.19. The van der Waals surface area contributed by atoms with Crippen LogP contribution in [0.2, 0.25) is 0 Å². The van der Waals surface area contributed by atoms with Gasteiger partial charge in [0.1, 0.15) is 5.82 Å². The molecule has 0 heterocycles. The number of rotatable bonds is 6. The summed E-state index contributed by atoms with van der Waals surface area (Å²) in [5.41, 5.74) is 6.35. The van der Waals surface area contributed by atoms with Crippen molar-refractivity contribution in [2.24, 2.45) is 11.1 Å². The summed E-state index contributed by atoms with van der Waals surface area (Å²) >= 11 is 0. The van der Waals surface area contributed by atoms with Crippen molar-refractivity contribution in [1.29, 1.82) is 0 Å². The largest absolute Gasteiger partial charge is 0.351 e. The molecule has 1 aromatic rings. The molecule has 0 aliphatic rings. The Morgan fingerprint density at radius 2 is 2.11 bits per heavy atom. The normalized spacial score (nSPS) is 11.4. The maximum absolute atomic E-state index is 13.6. The third-order valence-electron chi connectivity index (χ3n) is 3.15. The van der Waals surface area contributed by atoms with Crippen molar-refractivity contribution in [3.8, 4) is 0 Å². The average molecular weight is 266 g/mol. The van der Waals surface area contributed by atoms with Crippen LogP contribution in [0.15, 0.2) is 18.2 Å². The number of halogens is 1. The summed E-state index contributed by atoms with van der Waals surface area (Å²) in [7, 11) is 0. The second kappa shape index (κ2) is 6.66. The standard InChI is InChI=1S/C15H23FN2O/c1-11-5-6-12(13(16)9-11)14(19)18-10-15(2,3)7-4-8-17/h5-6,9H,4,7-8,10,17H2,1-3H3,(H,18,19). The summed E-state index contributed by atoms with van der Waals surface area (Å²) < 4.78 is 13.6. The van der Waals surface area contributed by atoms with Crippen LogP contribution in [0.5, 0.6) is 0 Å². The first-order valence-corrected chi connectivity index (χ1v) is 6.60. The van der Waals surface area contributed by atoms with Crippen molar-refractivity contribution < 1.29 is 9.18 Å². The lowest BCUT2D eigenvalue weighted by atomic mass is 9.87. The molecular weight excluding hydrogens is 243 g/mol. The molecule has 0 aromatic heterocycles. The van der Waals surface area contributed by atoms with Gasteiger partial charge < -0.3 is 11.1 Å². The van der Waals surface area contributed by atoms with Crippen LogP contribution >= 0.6 is 0 Å². The number of aryl methyl sites for hydroxylation is 1. The molecule has 0 radical (unpaired) electrons. The molecule has 1 rings (SSSR count). The van der Waals surface area contributed by atoms with Crippen LogP contribution in [0.25, 0.3) is 0 Å². The summed E-state index contributed by atoms with van der Waals surface area (Å²) in [6.07, 6.45) is 1.85. The number of carbonyl (C=O) groups excluding carboxylic acids is 1. The van der Waals surface area contributed by atoms with E-state index in [9.17, 15) is 9.18 Å². The van der Waals surface area contributed by atoms with Gasteiger partial charge in [-0.2, -0.15) is 0 Å². The molecule has 3 N–H and O–H groups in total. The predicted octanol–water partition coefficient (Wildman–Crippen LogP) is 2.63. The van der Waals surface area contributed by atoms with E-state index in [4.69, 9.17) is 5.73 Å². The Morgan fingerprint density at radius 1 is 1.42 bits per heavy atom. The van der Waals surface area contributed by atoms with Gasteiger partial charge >= 0.3 is 0 Å². The first-order valence-electron chi connectivity index (χ1n) is 6.60. The Balaban J connectivity index is 2.60. The SMILES string of the molecule is Cc1ccc(C(=O)NCC(C)(C)CCCN)c(F)c1. The predicted molar refractivity (Wildman–Crippen MR) is 75.5 cm³/mol. The minimum absolute atomic E-state index is 0.0315. The molecule has 0 aliphatic carbocycles. The number of benzene rings is 1. The highest BCUT2D eigenvalue weighted by atomic mass is 19.1. The van der Waals surface area contributed by atoms with Gasteiger partial charge in [0.05, 0.1) is 5.56 Å². The molecule has 0 aliphatic heterocycles. The Labute approximate surface area is 114 Å². The first-order chi connectivity index (χ1) is 8.85. The van der Waals surface area contributed by atoms with Gasteiger partial charge in [0, 0.05) is 6.54 Å². The molecule has 0 spiro atoms. The van der Waals surface area contributed by atoms with Crippen LogP contribution in [-0.4, -0.2) is 19.0 Å². The maximum atomic E-state index is 13.6. The van der Waals surface area contributed by atoms with Crippen LogP contribution in [0.3, 0.4) is 0 Å². The van der Waals surface area contributed by atoms with Crippen molar-refractivity contribution in [2.45, 2.75) is 33.6 Å². The minimum atomic E-state index is -0.475. The van der Waals surface area contributed by atoms with E-state index in [1.807, 2.05) is 0 Å². The Hall–Kier alpha value is -1.42. The van der Waals surface area contributed by atoms with E-state index in [-0.39, 0.29) is 16.9 Å². The molecule has 0 saturated carbocycles. The fourth-order valence-electron chi connectivity index (χ4n) is 1.89. The van der Waals surface area contributed by atoms with Crippen LogP contribution in [0, 0.1) is 18.2 Å². The van der Waals surface area contributed by atoms with Crippen molar-refractivity contribution >= 4 is 5.91 Å². The summed E-state index contributed by atoms with van der Waals surface area (Å²) in [4.78, 5) is 11.9. The summed E-state index contributed by atoms with van der Waals surface area (Å²) in [6.45, 7) is 7.08. The number of carbonyl (C=O) groups is 1. The maximum Gasteiger partial charge on any atom is 0.254 e. The molecule has 0 bridgehead atoms. The highest BCUT2D eigenvalue weighted by molar-refractivity contribution is 5.94. The molecule has 3 nitrogen and oxygen atoms in total. The molecule has 0 unspecified atom stereocenters. The van der Waals surface area contributed by atoms with Gasteiger partial charge in [-0.05, 0) is 49.4 Å². The number of amides is 1. The van der Waals surface area contributed by atoms with Crippen LogP contribution in [-0.2, 0) is 0 Å². The molecule has 19 heavy (non-hydrogen) atoms. The monoisotopic (exact) mass is 266 g/mol. The Morgan fingerprint density at radius 3 is 2.68 bits per heavy atom. The zero-order chi connectivity index (χ0) is 14.5. The van der Waals surface area contributed by atoms with Gasteiger partial charge in [-0.3, -0.25) is 4.79 Å². The molecule has 1 aromatic carbocycles. The molecule has 1 amide bonds. The van der Waals surface area contributed by atoms with E-state index in [0.29, 0.717) is 13.1 Å². The Kier molecular flexibility index (Phi) is 5.48. The summed E-state index contributed by atoms with van der Waals surface area (Å²) in [6, 6.07) is 4.62. The van der Waals surface area contributed by atoms with E-state index in [1.54, 1.807) is 13.0 Å². The van der Waals surface area contributed by atoms with Crippen molar-refractivity contribution in [1.82, 2.24) is 5.32 Å². The second-order valence-electron chi connectivity index (χ2n) is 5.72. The third-order valence-corrected chi connectivity index (χ3v) is 3.15. The molecular formula is C15H23FN2O. The first kappa shape index (κ1) is 15.6. The molecule has 0 fully saturated rings. The van der Waals surface area contributed by atoms with E-state index in [1.165, 1.54) is 12.1 Å². The topological polar surface area (TPSA) is 55.1 Å². The van der Waals surface area contributed by atoms with Crippen LogP contribution in [0.1, 0.15) is 42.6 Å². The van der Waals surface area contributed by atoms with Crippen molar-refractivity contribution in [2.75, 3.05) is 13.1 Å². The zero-order valence-corrected chi connectivity index (χ0v) is 11.9. The van der Waals surface area contributed by atoms with Gasteiger partial charge in [-0.15, -0.1) is 0 Å². The number of nitrogens with one attached hydrogen (secondary N) is 1. The summed E-state index contributed by atoms with van der Waals surface area (Å²) in [5, 5.41) is 2.79. The van der Waals surface area contributed by atoms with Crippen LogP contribution < -0.4 is 11.1 Å². The number of hydrogen-bond acceptors (Lipinski definition) is 2. The molecule has 0 atom stereocenters. The lowest BCUT2D eigenvalue weighted by molar-refractivity contribution is 0.0930. The highest BCUT2D eigenvalue weighted by Crippen LogP contribution is 2.21. The molecule has 106 valence electrons. The van der Waals surface area contributed by atoms with Crippen LogP contribution in [0.4, 0.5) is 4.39 Å². The number of nitrogens with two attached hydrogens (primary N) is 1. The fraction of sp³-hybridized carbons (Fsp3) is 0.533. The smallest absolute Gasteiger partial charge is 0.254 e. The second-order valence-corrected chi connectivity index (χ2v) is 5.72. The lowest BCUT2D eigenvalue weighted by Crippen LogP contribution is -2.34. The van der Waals surface area contributed by atoms with E-state index >= 15 is 0 Å². The fourth-order valence-corrected chi connectivity index (χ4v) is 1.89. The quantitative estimate of drug-likeness (QED) is 0.831. The zero-order valence-electron chi connectivity index (χ0n) is 11.9. The third kappa shape index (κ3) is 4.99. The van der Waals surface area contributed by atoms with E-state index in [0.717, 1.165) is 18.4 Å². The molecule has 4 heteroatoms. The lowest BCUT2D eigenvalue weighted by Gasteiger charge is -2.24. The summed E-state index contributed by atoms with van der Waals surface area (Å²) in [5.74, 6) is -0.837.